The van der Waals surface area contributed by atoms with Crippen molar-refractivity contribution in [1.29, 1.82) is 0 Å². The zero-order chi connectivity index (χ0) is 12.4. The van der Waals surface area contributed by atoms with Gasteiger partial charge in [-0.15, -0.1) is 0 Å². The van der Waals surface area contributed by atoms with Crippen LogP contribution in [0.15, 0.2) is 36.4 Å². The molecule has 1 heterocycles. The van der Waals surface area contributed by atoms with Crippen LogP contribution in [0.5, 0.6) is 0 Å². The molecule has 0 fully saturated rings. The lowest BCUT2D eigenvalue weighted by Gasteiger charge is -2.09. The molecule has 0 amide bonds. The van der Waals surface area contributed by atoms with E-state index in [2.05, 4.69) is 62.7 Å². The van der Waals surface area contributed by atoms with Crippen molar-refractivity contribution >= 4 is 0 Å². The standard InChI is InChI=1S/C15H20N2/c1-11(2)14-10-15(12(3)4)17(16-14)13-8-6-5-7-9-13/h5-12H,1-4H3. The van der Waals surface area contributed by atoms with Gasteiger partial charge in [0.1, 0.15) is 0 Å². The molecule has 2 heteroatoms. The van der Waals surface area contributed by atoms with Crippen molar-refractivity contribution in [3.63, 3.8) is 0 Å². The first-order valence-electron chi connectivity index (χ1n) is 6.25. The Labute approximate surface area is 103 Å². The first-order chi connectivity index (χ1) is 8.09. The lowest BCUT2D eigenvalue weighted by molar-refractivity contribution is 0.714. The molecule has 0 bridgehead atoms. The van der Waals surface area contributed by atoms with Crippen LogP contribution in [0.4, 0.5) is 0 Å². The Morgan fingerprint density at radius 2 is 1.59 bits per heavy atom. The molecule has 90 valence electrons. The largest absolute Gasteiger partial charge is 0.237 e. The van der Waals surface area contributed by atoms with Gasteiger partial charge in [-0.25, -0.2) is 4.68 Å². The van der Waals surface area contributed by atoms with Crippen LogP contribution in [0, 0.1) is 0 Å². The predicted molar refractivity (Wildman–Crippen MR) is 71.7 cm³/mol. The molecule has 2 rings (SSSR count). The van der Waals surface area contributed by atoms with E-state index in [4.69, 9.17) is 5.10 Å². The molecule has 0 unspecified atom stereocenters. The van der Waals surface area contributed by atoms with Gasteiger partial charge in [0.25, 0.3) is 0 Å². The highest BCUT2D eigenvalue weighted by Crippen LogP contribution is 2.23. The summed E-state index contributed by atoms with van der Waals surface area (Å²) in [5.41, 5.74) is 3.58. The fourth-order valence-corrected chi connectivity index (χ4v) is 1.88. The second-order valence-electron chi connectivity index (χ2n) is 5.05. The van der Waals surface area contributed by atoms with Crippen molar-refractivity contribution in [3.8, 4) is 5.69 Å². The Morgan fingerprint density at radius 1 is 0.941 bits per heavy atom. The maximum Gasteiger partial charge on any atom is 0.0657 e. The fourth-order valence-electron chi connectivity index (χ4n) is 1.88. The van der Waals surface area contributed by atoms with Gasteiger partial charge < -0.3 is 0 Å². The van der Waals surface area contributed by atoms with E-state index in [0.717, 1.165) is 11.4 Å². The summed E-state index contributed by atoms with van der Waals surface area (Å²) in [6, 6.07) is 12.6. The zero-order valence-electron chi connectivity index (χ0n) is 11.0. The SMILES string of the molecule is CC(C)c1cc(C(C)C)n(-c2ccccc2)n1. The summed E-state index contributed by atoms with van der Waals surface area (Å²) < 4.78 is 2.07. The van der Waals surface area contributed by atoms with Gasteiger partial charge in [0.15, 0.2) is 0 Å². The fraction of sp³-hybridized carbons (Fsp3) is 0.400. The summed E-state index contributed by atoms with van der Waals surface area (Å²) in [5, 5.41) is 4.72. The van der Waals surface area contributed by atoms with Gasteiger partial charge in [-0.05, 0) is 30.0 Å². The van der Waals surface area contributed by atoms with Crippen molar-refractivity contribution < 1.29 is 0 Å². The van der Waals surface area contributed by atoms with Gasteiger partial charge in [0.05, 0.1) is 11.4 Å². The van der Waals surface area contributed by atoms with Crippen molar-refractivity contribution in [2.45, 2.75) is 39.5 Å². The Balaban J connectivity index is 2.52. The molecule has 0 aliphatic rings. The van der Waals surface area contributed by atoms with Gasteiger partial charge >= 0.3 is 0 Å². The van der Waals surface area contributed by atoms with Crippen molar-refractivity contribution in [2.24, 2.45) is 0 Å². The van der Waals surface area contributed by atoms with Gasteiger partial charge in [-0.2, -0.15) is 5.10 Å². The van der Waals surface area contributed by atoms with Gasteiger partial charge in [0.2, 0.25) is 0 Å². The van der Waals surface area contributed by atoms with Crippen LogP contribution < -0.4 is 0 Å². The molecule has 17 heavy (non-hydrogen) atoms. The van der Waals surface area contributed by atoms with E-state index in [1.807, 2.05) is 6.07 Å². The van der Waals surface area contributed by atoms with Crippen LogP contribution in [0.3, 0.4) is 0 Å². The average molecular weight is 228 g/mol. The minimum atomic E-state index is 0.470. The van der Waals surface area contributed by atoms with Crippen LogP contribution in [-0.2, 0) is 0 Å². The Hall–Kier alpha value is -1.57. The molecule has 1 aromatic heterocycles. The Bertz CT molecular complexity index is 481. The first-order valence-corrected chi connectivity index (χ1v) is 6.25. The average Bonchev–Trinajstić information content (AvgIpc) is 2.75. The second-order valence-corrected chi connectivity index (χ2v) is 5.05. The molecular weight excluding hydrogens is 208 g/mol. The molecule has 0 aliphatic carbocycles. The molecule has 0 spiro atoms. The van der Waals surface area contributed by atoms with Crippen molar-refractivity contribution in [1.82, 2.24) is 9.78 Å². The first kappa shape index (κ1) is 11.9. The van der Waals surface area contributed by atoms with Gasteiger partial charge in [-0.1, -0.05) is 45.9 Å². The van der Waals surface area contributed by atoms with Crippen molar-refractivity contribution in [2.75, 3.05) is 0 Å². The highest BCUT2D eigenvalue weighted by Gasteiger charge is 2.13. The third kappa shape index (κ3) is 2.41. The van der Waals surface area contributed by atoms with Crippen LogP contribution in [0.2, 0.25) is 0 Å². The molecule has 2 aromatic rings. The van der Waals surface area contributed by atoms with E-state index in [9.17, 15) is 0 Å². The van der Waals surface area contributed by atoms with E-state index in [1.54, 1.807) is 0 Å². The summed E-state index contributed by atoms with van der Waals surface area (Å²) in [6.07, 6.45) is 0. The molecule has 0 atom stereocenters. The maximum absolute atomic E-state index is 4.72. The summed E-state index contributed by atoms with van der Waals surface area (Å²) >= 11 is 0. The smallest absolute Gasteiger partial charge is 0.0657 e. The monoisotopic (exact) mass is 228 g/mol. The third-order valence-electron chi connectivity index (χ3n) is 2.94. The molecule has 0 N–H and O–H groups in total. The highest BCUT2D eigenvalue weighted by atomic mass is 15.3. The summed E-state index contributed by atoms with van der Waals surface area (Å²) in [7, 11) is 0. The van der Waals surface area contributed by atoms with Crippen molar-refractivity contribution in [3.05, 3.63) is 47.8 Å². The lowest BCUT2D eigenvalue weighted by atomic mass is 10.1. The van der Waals surface area contributed by atoms with Gasteiger partial charge in [0, 0.05) is 5.69 Å². The zero-order valence-corrected chi connectivity index (χ0v) is 11.0. The van der Waals surface area contributed by atoms with Crippen LogP contribution in [0.1, 0.15) is 50.9 Å². The quantitative estimate of drug-likeness (QED) is 0.772. The molecule has 0 saturated carbocycles. The molecule has 0 aliphatic heterocycles. The van der Waals surface area contributed by atoms with Crippen LogP contribution in [0.25, 0.3) is 5.69 Å². The van der Waals surface area contributed by atoms with E-state index < -0.39 is 0 Å². The van der Waals surface area contributed by atoms with E-state index in [0.29, 0.717) is 11.8 Å². The molecule has 2 nitrogen and oxygen atoms in total. The second kappa shape index (κ2) is 4.74. The maximum atomic E-state index is 4.72. The topological polar surface area (TPSA) is 17.8 Å². The van der Waals surface area contributed by atoms with Crippen LogP contribution in [-0.4, -0.2) is 9.78 Å². The normalized spacial score (nSPS) is 11.4. The van der Waals surface area contributed by atoms with Crippen LogP contribution >= 0.6 is 0 Å². The molecule has 0 radical (unpaired) electrons. The third-order valence-corrected chi connectivity index (χ3v) is 2.94. The van der Waals surface area contributed by atoms with E-state index >= 15 is 0 Å². The van der Waals surface area contributed by atoms with E-state index in [1.165, 1.54) is 5.69 Å². The number of rotatable bonds is 3. The van der Waals surface area contributed by atoms with Gasteiger partial charge in [-0.3, -0.25) is 0 Å². The molecular formula is C15H20N2. The summed E-state index contributed by atoms with van der Waals surface area (Å²) in [6.45, 7) is 8.78. The Kier molecular flexibility index (Phi) is 3.32. The lowest BCUT2D eigenvalue weighted by Crippen LogP contribution is -2.03. The predicted octanol–water partition coefficient (Wildman–Crippen LogP) is 4.12. The number of hydrogen-bond acceptors (Lipinski definition) is 1. The number of nitrogens with zero attached hydrogens (tertiary/aromatic N) is 2. The highest BCUT2D eigenvalue weighted by molar-refractivity contribution is 5.34. The minimum Gasteiger partial charge on any atom is -0.237 e. The minimum absolute atomic E-state index is 0.470. The molecule has 1 aromatic carbocycles. The number of para-hydroxylation sites is 1. The number of benzene rings is 1. The molecule has 0 saturated heterocycles. The summed E-state index contributed by atoms with van der Waals surface area (Å²) in [4.78, 5) is 0. The Morgan fingerprint density at radius 3 is 2.12 bits per heavy atom. The number of aromatic nitrogens is 2. The van der Waals surface area contributed by atoms with E-state index in [-0.39, 0.29) is 0 Å². The summed E-state index contributed by atoms with van der Waals surface area (Å²) in [5.74, 6) is 0.952. The number of hydrogen-bond donors (Lipinski definition) is 0.